The van der Waals surface area contributed by atoms with Gasteiger partial charge in [0.25, 0.3) is 5.91 Å². The number of anilines is 1. The first-order valence-corrected chi connectivity index (χ1v) is 8.20. The Hall–Kier alpha value is -2.13. The van der Waals surface area contributed by atoms with E-state index in [4.69, 9.17) is 0 Å². The molecular formula is C16H18N4OS. The van der Waals surface area contributed by atoms with Crippen molar-refractivity contribution in [3.8, 4) is 6.07 Å². The van der Waals surface area contributed by atoms with Gasteiger partial charge < -0.3 is 5.32 Å². The van der Waals surface area contributed by atoms with Gasteiger partial charge in [0.1, 0.15) is 11.1 Å². The van der Waals surface area contributed by atoms with E-state index in [1.54, 1.807) is 16.0 Å². The van der Waals surface area contributed by atoms with Crippen LogP contribution in [0, 0.1) is 25.2 Å². The molecule has 0 aromatic carbocycles. The lowest BCUT2D eigenvalue weighted by Gasteiger charge is -2.09. The summed E-state index contributed by atoms with van der Waals surface area (Å²) in [6.45, 7) is 3.70. The van der Waals surface area contributed by atoms with Crippen molar-refractivity contribution >= 4 is 22.2 Å². The normalized spacial score (nSPS) is 13.5. The Morgan fingerprint density at radius 3 is 2.73 bits per heavy atom. The Morgan fingerprint density at radius 2 is 2.09 bits per heavy atom. The number of amides is 1. The molecule has 0 bridgehead atoms. The molecule has 3 rings (SSSR count). The highest BCUT2D eigenvalue weighted by Crippen LogP contribution is 2.37. The second kappa shape index (κ2) is 5.58. The van der Waals surface area contributed by atoms with E-state index in [0.29, 0.717) is 21.8 Å². The number of aryl methyl sites for hydroxylation is 3. The number of thiophene rings is 1. The molecule has 1 N–H and O–H groups in total. The second-order valence-electron chi connectivity index (χ2n) is 5.65. The number of carbonyl (C=O) groups is 1. The topological polar surface area (TPSA) is 70.7 Å². The number of rotatable bonds is 2. The zero-order chi connectivity index (χ0) is 15.9. The van der Waals surface area contributed by atoms with E-state index >= 15 is 0 Å². The summed E-state index contributed by atoms with van der Waals surface area (Å²) >= 11 is 1.55. The van der Waals surface area contributed by atoms with E-state index in [-0.39, 0.29) is 5.91 Å². The molecule has 6 heteroatoms. The highest BCUT2D eigenvalue weighted by Gasteiger charge is 2.24. The lowest BCUT2D eigenvalue weighted by atomic mass is 9.96. The molecule has 0 aliphatic heterocycles. The number of hydrogen-bond donors (Lipinski definition) is 1. The Kier molecular flexibility index (Phi) is 3.75. The standard InChI is InChI=1S/C16H18N4OS/c1-9-14(10(2)20(3)19-9)15(21)18-16-12(8-17)11-6-4-5-7-13(11)22-16/h4-7H2,1-3H3,(H,18,21). The van der Waals surface area contributed by atoms with Crippen LogP contribution >= 0.6 is 11.3 Å². The number of nitrogens with zero attached hydrogens (tertiary/aromatic N) is 3. The zero-order valence-electron chi connectivity index (χ0n) is 13.0. The molecule has 0 atom stereocenters. The summed E-state index contributed by atoms with van der Waals surface area (Å²) in [6.07, 6.45) is 4.23. The van der Waals surface area contributed by atoms with E-state index < -0.39 is 0 Å². The van der Waals surface area contributed by atoms with Gasteiger partial charge in [0.2, 0.25) is 0 Å². The van der Waals surface area contributed by atoms with Gasteiger partial charge in [-0.15, -0.1) is 11.3 Å². The van der Waals surface area contributed by atoms with Gasteiger partial charge >= 0.3 is 0 Å². The number of fused-ring (bicyclic) bond motifs is 1. The van der Waals surface area contributed by atoms with Crippen LogP contribution in [0.4, 0.5) is 5.00 Å². The highest BCUT2D eigenvalue weighted by atomic mass is 32.1. The van der Waals surface area contributed by atoms with E-state index in [1.807, 2.05) is 20.9 Å². The maximum atomic E-state index is 12.6. The zero-order valence-corrected chi connectivity index (χ0v) is 13.8. The molecule has 2 aromatic heterocycles. The molecule has 0 radical (unpaired) electrons. The minimum Gasteiger partial charge on any atom is -0.312 e. The maximum absolute atomic E-state index is 12.6. The van der Waals surface area contributed by atoms with Crippen LogP contribution in [0.1, 0.15) is 50.6 Å². The van der Waals surface area contributed by atoms with Crippen molar-refractivity contribution in [3.05, 3.63) is 33.0 Å². The number of hydrogen-bond acceptors (Lipinski definition) is 4. The average Bonchev–Trinajstić information content (AvgIpc) is 2.95. The van der Waals surface area contributed by atoms with Crippen molar-refractivity contribution in [2.45, 2.75) is 39.5 Å². The van der Waals surface area contributed by atoms with Gasteiger partial charge in [-0.05, 0) is 45.1 Å². The highest BCUT2D eigenvalue weighted by molar-refractivity contribution is 7.16. The smallest absolute Gasteiger partial charge is 0.260 e. The molecule has 0 fully saturated rings. The van der Waals surface area contributed by atoms with Crippen LogP contribution < -0.4 is 5.32 Å². The second-order valence-corrected chi connectivity index (χ2v) is 6.76. The van der Waals surface area contributed by atoms with Crippen LogP contribution in [0.2, 0.25) is 0 Å². The van der Waals surface area contributed by atoms with Crippen molar-refractivity contribution in [3.63, 3.8) is 0 Å². The Bertz CT molecular complexity index is 794. The molecular weight excluding hydrogens is 296 g/mol. The van der Waals surface area contributed by atoms with Gasteiger partial charge in [0.15, 0.2) is 0 Å². The molecule has 2 heterocycles. The third-order valence-corrected chi connectivity index (χ3v) is 5.45. The van der Waals surface area contributed by atoms with Gasteiger partial charge in [-0.3, -0.25) is 9.48 Å². The molecule has 5 nitrogen and oxygen atoms in total. The van der Waals surface area contributed by atoms with Crippen LogP contribution in [0.3, 0.4) is 0 Å². The average molecular weight is 314 g/mol. The molecule has 0 unspecified atom stereocenters. The lowest BCUT2D eigenvalue weighted by molar-refractivity contribution is 0.102. The molecule has 1 amide bonds. The summed E-state index contributed by atoms with van der Waals surface area (Å²) in [7, 11) is 1.82. The summed E-state index contributed by atoms with van der Waals surface area (Å²) in [5, 5.41) is 17.3. The Morgan fingerprint density at radius 1 is 1.36 bits per heavy atom. The molecule has 22 heavy (non-hydrogen) atoms. The molecule has 0 saturated heterocycles. The van der Waals surface area contributed by atoms with E-state index in [1.165, 1.54) is 4.88 Å². The molecule has 0 spiro atoms. The molecule has 1 aliphatic carbocycles. The summed E-state index contributed by atoms with van der Waals surface area (Å²) in [4.78, 5) is 13.8. The van der Waals surface area contributed by atoms with Gasteiger partial charge in [-0.25, -0.2) is 0 Å². The van der Waals surface area contributed by atoms with Crippen molar-refractivity contribution in [1.82, 2.24) is 9.78 Å². The molecule has 1 aliphatic rings. The number of carbonyl (C=O) groups excluding carboxylic acids is 1. The quantitative estimate of drug-likeness (QED) is 0.926. The molecule has 0 saturated carbocycles. The Labute approximate surface area is 133 Å². The van der Waals surface area contributed by atoms with Crippen LogP contribution in [-0.2, 0) is 19.9 Å². The summed E-state index contributed by atoms with van der Waals surface area (Å²) in [6, 6.07) is 2.27. The van der Waals surface area contributed by atoms with Crippen LogP contribution in [0.5, 0.6) is 0 Å². The van der Waals surface area contributed by atoms with E-state index in [2.05, 4.69) is 16.5 Å². The predicted molar refractivity (Wildman–Crippen MR) is 86.3 cm³/mol. The van der Waals surface area contributed by atoms with Crippen LogP contribution in [0.15, 0.2) is 0 Å². The fourth-order valence-corrected chi connectivity index (χ4v) is 4.27. The monoisotopic (exact) mass is 314 g/mol. The van der Waals surface area contributed by atoms with Gasteiger partial charge in [-0.2, -0.15) is 10.4 Å². The van der Waals surface area contributed by atoms with Gasteiger partial charge in [0.05, 0.1) is 16.8 Å². The fraction of sp³-hybridized carbons (Fsp3) is 0.438. The van der Waals surface area contributed by atoms with Crippen molar-refractivity contribution in [1.29, 1.82) is 5.26 Å². The first-order chi connectivity index (χ1) is 10.5. The van der Waals surface area contributed by atoms with Crippen molar-refractivity contribution in [2.24, 2.45) is 7.05 Å². The van der Waals surface area contributed by atoms with Crippen LogP contribution in [-0.4, -0.2) is 15.7 Å². The summed E-state index contributed by atoms with van der Waals surface area (Å²) in [5.41, 5.74) is 3.91. The molecule has 114 valence electrons. The van der Waals surface area contributed by atoms with E-state index in [9.17, 15) is 10.1 Å². The first-order valence-electron chi connectivity index (χ1n) is 7.39. The third kappa shape index (κ3) is 2.32. The van der Waals surface area contributed by atoms with Crippen molar-refractivity contribution in [2.75, 3.05) is 5.32 Å². The minimum atomic E-state index is -0.182. The molecule has 2 aromatic rings. The van der Waals surface area contributed by atoms with E-state index in [0.717, 1.165) is 36.9 Å². The third-order valence-electron chi connectivity index (χ3n) is 4.25. The SMILES string of the molecule is Cc1nn(C)c(C)c1C(=O)Nc1sc2c(c1C#N)CCCC2. The number of aromatic nitrogens is 2. The van der Waals surface area contributed by atoms with Gasteiger partial charge in [0, 0.05) is 17.6 Å². The number of nitrogens with one attached hydrogen (secondary N) is 1. The fourth-order valence-electron chi connectivity index (χ4n) is 3.04. The number of nitriles is 1. The Balaban J connectivity index is 1.95. The minimum absolute atomic E-state index is 0.182. The maximum Gasteiger partial charge on any atom is 0.260 e. The van der Waals surface area contributed by atoms with Crippen molar-refractivity contribution < 1.29 is 4.79 Å². The summed E-state index contributed by atoms with van der Waals surface area (Å²) < 4.78 is 1.70. The van der Waals surface area contributed by atoms with Crippen LogP contribution in [0.25, 0.3) is 0 Å². The predicted octanol–water partition coefficient (Wildman–Crippen LogP) is 3.10. The first kappa shape index (κ1) is 14.8. The van der Waals surface area contributed by atoms with Gasteiger partial charge in [-0.1, -0.05) is 0 Å². The lowest BCUT2D eigenvalue weighted by Crippen LogP contribution is -2.14. The summed E-state index contributed by atoms with van der Waals surface area (Å²) in [5.74, 6) is -0.182. The largest absolute Gasteiger partial charge is 0.312 e.